The summed E-state index contributed by atoms with van der Waals surface area (Å²) in [6, 6.07) is 15.4. The summed E-state index contributed by atoms with van der Waals surface area (Å²) >= 11 is 0. The Morgan fingerprint density at radius 1 is 0.769 bits per heavy atom. The normalized spacial score (nSPS) is 10.2. The number of amides is 3. The van der Waals surface area contributed by atoms with Gasteiger partial charge in [-0.2, -0.15) is 0 Å². The number of nitrogens with zero attached hydrogens (tertiary/aromatic N) is 1. The van der Waals surface area contributed by atoms with Crippen LogP contribution in [0.2, 0.25) is 0 Å². The summed E-state index contributed by atoms with van der Waals surface area (Å²) in [5.74, 6) is -1.79. The summed E-state index contributed by atoms with van der Waals surface area (Å²) in [6.07, 6.45) is 1.62. The summed E-state index contributed by atoms with van der Waals surface area (Å²) in [7, 11) is 0. The molecule has 2 aromatic carbocycles. The molecule has 0 fully saturated rings. The van der Waals surface area contributed by atoms with Crippen LogP contribution in [0.5, 0.6) is 0 Å². The van der Waals surface area contributed by atoms with E-state index in [1.54, 1.807) is 48.7 Å². The maximum atomic E-state index is 12.2. The van der Waals surface area contributed by atoms with E-state index in [9.17, 15) is 14.4 Å². The lowest BCUT2D eigenvalue weighted by Crippen LogP contribution is -2.29. The van der Waals surface area contributed by atoms with E-state index in [4.69, 9.17) is 0 Å². The molecule has 3 amide bonds. The van der Waals surface area contributed by atoms with Crippen molar-refractivity contribution in [3.05, 3.63) is 60.8 Å². The maximum Gasteiger partial charge on any atom is 0.314 e. The van der Waals surface area contributed by atoms with Crippen LogP contribution in [-0.4, -0.2) is 22.7 Å². The van der Waals surface area contributed by atoms with E-state index in [-0.39, 0.29) is 5.91 Å². The van der Waals surface area contributed by atoms with Crippen LogP contribution in [0.1, 0.15) is 6.92 Å². The lowest BCUT2D eigenvalue weighted by Gasteiger charge is -2.09. The highest BCUT2D eigenvalue weighted by Crippen LogP contribution is 2.20. The van der Waals surface area contributed by atoms with Gasteiger partial charge < -0.3 is 16.0 Å². The Morgan fingerprint density at radius 3 is 2.08 bits per heavy atom. The number of carbonyl (C=O) groups is 3. The largest absolute Gasteiger partial charge is 0.326 e. The number of fused-ring (bicyclic) bond motifs is 1. The average Bonchev–Trinajstić information content (AvgIpc) is 2.63. The number of benzene rings is 2. The molecule has 1 aromatic heterocycles. The second-order valence-electron chi connectivity index (χ2n) is 5.55. The summed E-state index contributed by atoms with van der Waals surface area (Å²) in [4.78, 5) is 39.5. The van der Waals surface area contributed by atoms with Crippen LogP contribution in [0.3, 0.4) is 0 Å². The van der Waals surface area contributed by atoms with E-state index in [0.29, 0.717) is 22.6 Å². The van der Waals surface area contributed by atoms with Crippen molar-refractivity contribution >= 4 is 45.7 Å². The Balaban J connectivity index is 1.68. The van der Waals surface area contributed by atoms with Gasteiger partial charge in [-0.25, -0.2) is 0 Å². The molecule has 7 heteroatoms. The summed E-state index contributed by atoms with van der Waals surface area (Å²) < 4.78 is 0. The molecular formula is C19H16N4O3. The Bertz CT molecular complexity index is 978. The molecule has 0 aliphatic rings. The van der Waals surface area contributed by atoms with Gasteiger partial charge in [0.15, 0.2) is 0 Å². The van der Waals surface area contributed by atoms with Gasteiger partial charge in [0.1, 0.15) is 0 Å². The van der Waals surface area contributed by atoms with Gasteiger partial charge >= 0.3 is 11.8 Å². The fourth-order valence-corrected chi connectivity index (χ4v) is 2.41. The number of aromatic nitrogens is 1. The first kappa shape index (κ1) is 17.1. The lowest BCUT2D eigenvalue weighted by molar-refractivity contribution is -0.132. The van der Waals surface area contributed by atoms with Crippen molar-refractivity contribution in [2.75, 3.05) is 16.0 Å². The molecule has 0 saturated carbocycles. The predicted octanol–water partition coefficient (Wildman–Crippen LogP) is 2.77. The van der Waals surface area contributed by atoms with Gasteiger partial charge in [-0.15, -0.1) is 0 Å². The lowest BCUT2D eigenvalue weighted by atomic mass is 10.2. The van der Waals surface area contributed by atoms with Crippen molar-refractivity contribution in [3.63, 3.8) is 0 Å². The highest BCUT2D eigenvalue weighted by atomic mass is 16.2. The van der Waals surface area contributed by atoms with Crippen molar-refractivity contribution in [1.82, 2.24) is 4.98 Å². The third-order valence-electron chi connectivity index (χ3n) is 3.55. The molecule has 1 heterocycles. The third kappa shape index (κ3) is 4.02. The van der Waals surface area contributed by atoms with Crippen molar-refractivity contribution in [2.24, 2.45) is 0 Å². The number of rotatable bonds is 3. The number of hydrogen-bond donors (Lipinski definition) is 3. The van der Waals surface area contributed by atoms with Crippen molar-refractivity contribution < 1.29 is 14.4 Å². The SMILES string of the molecule is CC(=O)Nc1ccc(NC(=O)C(=O)Nc2cccc3cccnc23)cc1. The van der Waals surface area contributed by atoms with Gasteiger partial charge in [-0.1, -0.05) is 18.2 Å². The fraction of sp³-hybridized carbons (Fsp3) is 0.0526. The second-order valence-corrected chi connectivity index (χ2v) is 5.55. The molecule has 3 rings (SSSR count). The first-order valence-corrected chi connectivity index (χ1v) is 7.86. The third-order valence-corrected chi connectivity index (χ3v) is 3.55. The Labute approximate surface area is 149 Å². The van der Waals surface area contributed by atoms with Gasteiger partial charge in [-0.05, 0) is 36.4 Å². The average molecular weight is 348 g/mol. The molecule has 26 heavy (non-hydrogen) atoms. The molecule has 0 spiro atoms. The first-order valence-electron chi connectivity index (χ1n) is 7.86. The molecule has 0 atom stereocenters. The van der Waals surface area contributed by atoms with Crippen LogP contribution in [-0.2, 0) is 14.4 Å². The zero-order valence-corrected chi connectivity index (χ0v) is 13.9. The van der Waals surface area contributed by atoms with Crippen LogP contribution in [0.4, 0.5) is 17.1 Å². The molecule has 0 radical (unpaired) electrons. The van der Waals surface area contributed by atoms with Crippen LogP contribution in [0, 0.1) is 0 Å². The highest BCUT2D eigenvalue weighted by Gasteiger charge is 2.15. The molecule has 0 bridgehead atoms. The number of pyridine rings is 1. The van der Waals surface area contributed by atoms with E-state index in [1.165, 1.54) is 6.92 Å². The zero-order valence-electron chi connectivity index (χ0n) is 13.9. The van der Waals surface area contributed by atoms with Gasteiger partial charge in [0.05, 0.1) is 11.2 Å². The summed E-state index contributed by atoms with van der Waals surface area (Å²) in [5.41, 5.74) is 2.11. The number of anilines is 3. The van der Waals surface area contributed by atoms with Crippen LogP contribution < -0.4 is 16.0 Å². The van der Waals surface area contributed by atoms with Crippen molar-refractivity contribution in [2.45, 2.75) is 6.92 Å². The summed E-state index contributed by atoms with van der Waals surface area (Å²) in [6.45, 7) is 1.40. The van der Waals surface area contributed by atoms with E-state index >= 15 is 0 Å². The minimum absolute atomic E-state index is 0.190. The molecule has 130 valence electrons. The molecular weight excluding hydrogens is 332 g/mol. The Kier molecular flexibility index (Phi) is 4.89. The molecule has 3 N–H and O–H groups in total. The number of nitrogens with one attached hydrogen (secondary N) is 3. The Hall–Kier alpha value is -3.74. The van der Waals surface area contributed by atoms with Gasteiger partial charge in [0.2, 0.25) is 5.91 Å². The van der Waals surface area contributed by atoms with E-state index in [0.717, 1.165) is 5.39 Å². The molecule has 0 aliphatic heterocycles. The zero-order chi connectivity index (χ0) is 18.5. The van der Waals surface area contributed by atoms with E-state index in [2.05, 4.69) is 20.9 Å². The molecule has 0 unspecified atom stereocenters. The quantitative estimate of drug-likeness (QED) is 0.634. The van der Waals surface area contributed by atoms with E-state index < -0.39 is 11.8 Å². The fourth-order valence-electron chi connectivity index (χ4n) is 2.41. The molecule has 7 nitrogen and oxygen atoms in total. The van der Waals surface area contributed by atoms with Crippen molar-refractivity contribution in [3.8, 4) is 0 Å². The first-order chi connectivity index (χ1) is 12.5. The predicted molar refractivity (Wildman–Crippen MR) is 99.7 cm³/mol. The summed E-state index contributed by atoms with van der Waals surface area (Å²) in [5, 5.41) is 8.56. The molecule has 3 aromatic rings. The number of carbonyl (C=O) groups excluding carboxylic acids is 3. The standard InChI is InChI=1S/C19H16N4O3/c1-12(24)21-14-7-9-15(10-8-14)22-18(25)19(26)23-16-6-2-4-13-5-3-11-20-17(13)16/h2-11H,1H3,(H,21,24)(H,22,25)(H,23,26). The number of para-hydroxylation sites is 1. The number of hydrogen-bond acceptors (Lipinski definition) is 4. The minimum Gasteiger partial charge on any atom is -0.326 e. The molecule has 0 saturated heterocycles. The van der Waals surface area contributed by atoms with E-state index in [1.807, 2.05) is 12.1 Å². The monoisotopic (exact) mass is 348 g/mol. The van der Waals surface area contributed by atoms with Gasteiger partial charge in [0.25, 0.3) is 0 Å². The van der Waals surface area contributed by atoms with Crippen LogP contribution in [0.25, 0.3) is 10.9 Å². The second kappa shape index (κ2) is 7.43. The van der Waals surface area contributed by atoms with Gasteiger partial charge in [0, 0.05) is 29.9 Å². The van der Waals surface area contributed by atoms with Gasteiger partial charge in [-0.3, -0.25) is 19.4 Å². The maximum absolute atomic E-state index is 12.2. The van der Waals surface area contributed by atoms with Crippen molar-refractivity contribution in [1.29, 1.82) is 0 Å². The van der Waals surface area contributed by atoms with Crippen LogP contribution >= 0.6 is 0 Å². The minimum atomic E-state index is -0.801. The topological polar surface area (TPSA) is 100 Å². The smallest absolute Gasteiger partial charge is 0.314 e. The molecule has 0 aliphatic carbocycles. The Morgan fingerprint density at radius 2 is 1.38 bits per heavy atom. The van der Waals surface area contributed by atoms with Crippen LogP contribution in [0.15, 0.2) is 60.8 Å². The highest BCUT2D eigenvalue weighted by molar-refractivity contribution is 6.44.